The van der Waals surface area contributed by atoms with Gasteiger partial charge in [0.1, 0.15) is 0 Å². The molecule has 0 amide bonds. The third-order valence-corrected chi connectivity index (χ3v) is 4.30. The van der Waals surface area contributed by atoms with Gasteiger partial charge in [0.25, 0.3) is 0 Å². The zero-order chi connectivity index (χ0) is 14.0. The molecule has 0 heterocycles. The molecule has 0 aliphatic heterocycles. The molecule has 2 rings (SSSR count). The van der Waals surface area contributed by atoms with Crippen LogP contribution in [0.15, 0.2) is 24.3 Å². The van der Waals surface area contributed by atoms with E-state index < -0.39 is 0 Å². The lowest BCUT2D eigenvalue weighted by atomic mass is 9.80. The fourth-order valence-corrected chi connectivity index (χ4v) is 3.37. The van der Waals surface area contributed by atoms with Gasteiger partial charge in [0, 0.05) is 11.7 Å². The van der Waals surface area contributed by atoms with E-state index in [0.29, 0.717) is 6.04 Å². The number of hydrogen-bond donors (Lipinski definition) is 1. The van der Waals surface area contributed by atoms with Gasteiger partial charge in [-0.15, -0.1) is 0 Å². The van der Waals surface area contributed by atoms with Gasteiger partial charge in [0.2, 0.25) is 0 Å². The Labute approximate surface area is 118 Å². The van der Waals surface area contributed by atoms with E-state index >= 15 is 0 Å². The first-order chi connectivity index (χ1) is 8.84. The van der Waals surface area contributed by atoms with E-state index in [4.69, 9.17) is 0 Å². The van der Waals surface area contributed by atoms with Crippen molar-refractivity contribution in [1.82, 2.24) is 0 Å². The van der Waals surface area contributed by atoms with Gasteiger partial charge >= 0.3 is 0 Å². The van der Waals surface area contributed by atoms with Crippen LogP contribution < -0.4 is 5.32 Å². The van der Waals surface area contributed by atoms with Gasteiger partial charge in [-0.3, -0.25) is 0 Å². The predicted octanol–water partition coefficient (Wildman–Crippen LogP) is 5.22. The van der Waals surface area contributed by atoms with E-state index in [1.165, 1.54) is 30.5 Å². The first-order valence-corrected chi connectivity index (χ1v) is 7.71. The molecule has 1 aliphatic carbocycles. The monoisotopic (exact) mass is 259 g/mol. The highest BCUT2D eigenvalue weighted by Gasteiger charge is 2.23. The van der Waals surface area contributed by atoms with Crippen molar-refractivity contribution in [3.63, 3.8) is 0 Å². The fourth-order valence-electron chi connectivity index (χ4n) is 3.37. The standard InChI is InChI=1S/C18H29N/c1-13-10-14(2)12-17(11-13)19-16-8-6-15(7-9-16)18(3,4)5/h6-9,13-14,17,19H,10-12H2,1-5H3. The number of rotatable bonds is 2. The maximum absolute atomic E-state index is 3.72. The largest absolute Gasteiger partial charge is 0.382 e. The maximum Gasteiger partial charge on any atom is 0.0342 e. The van der Waals surface area contributed by atoms with Crippen molar-refractivity contribution in [2.45, 2.75) is 65.3 Å². The smallest absolute Gasteiger partial charge is 0.0342 e. The first-order valence-electron chi connectivity index (χ1n) is 7.71. The van der Waals surface area contributed by atoms with Crippen LogP contribution in [-0.2, 0) is 5.41 Å². The molecule has 1 nitrogen and oxygen atoms in total. The highest BCUT2D eigenvalue weighted by molar-refractivity contribution is 5.46. The molecular weight excluding hydrogens is 230 g/mol. The van der Waals surface area contributed by atoms with Crippen molar-refractivity contribution in [2.24, 2.45) is 11.8 Å². The maximum atomic E-state index is 3.72. The van der Waals surface area contributed by atoms with Gasteiger partial charge in [-0.1, -0.05) is 46.8 Å². The summed E-state index contributed by atoms with van der Waals surface area (Å²) in [6.07, 6.45) is 4.01. The Kier molecular flexibility index (Phi) is 4.23. The van der Waals surface area contributed by atoms with E-state index in [1.807, 2.05) is 0 Å². The van der Waals surface area contributed by atoms with Crippen molar-refractivity contribution in [1.29, 1.82) is 0 Å². The minimum atomic E-state index is 0.242. The summed E-state index contributed by atoms with van der Waals surface area (Å²) < 4.78 is 0. The highest BCUT2D eigenvalue weighted by atomic mass is 14.9. The van der Waals surface area contributed by atoms with E-state index in [1.54, 1.807) is 0 Å². The summed E-state index contributed by atoms with van der Waals surface area (Å²) in [7, 11) is 0. The third-order valence-electron chi connectivity index (χ3n) is 4.30. The molecule has 0 radical (unpaired) electrons. The van der Waals surface area contributed by atoms with Crippen molar-refractivity contribution in [3.05, 3.63) is 29.8 Å². The molecule has 0 spiro atoms. The average Bonchev–Trinajstić information content (AvgIpc) is 2.26. The molecular formula is C18H29N. The molecule has 1 aromatic rings. The topological polar surface area (TPSA) is 12.0 Å². The normalized spacial score (nSPS) is 28.2. The minimum absolute atomic E-state index is 0.242. The van der Waals surface area contributed by atoms with E-state index in [2.05, 4.69) is 64.2 Å². The fraction of sp³-hybridized carbons (Fsp3) is 0.667. The molecule has 1 heteroatoms. The van der Waals surface area contributed by atoms with Crippen LogP contribution in [-0.4, -0.2) is 6.04 Å². The van der Waals surface area contributed by atoms with Crippen LogP contribution in [0.4, 0.5) is 5.69 Å². The Morgan fingerprint density at radius 3 is 1.89 bits per heavy atom. The van der Waals surface area contributed by atoms with Gasteiger partial charge in [-0.2, -0.15) is 0 Å². The zero-order valence-corrected chi connectivity index (χ0v) is 13.2. The second-order valence-corrected chi connectivity index (χ2v) is 7.59. The summed E-state index contributed by atoms with van der Waals surface area (Å²) in [5.74, 6) is 1.71. The molecule has 1 aliphatic rings. The van der Waals surface area contributed by atoms with E-state index in [9.17, 15) is 0 Å². The van der Waals surface area contributed by atoms with Gasteiger partial charge in [0.05, 0.1) is 0 Å². The number of anilines is 1. The van der Waals surface area contributed by atoms with Crippen LogP contribution in [0.5, 0.6) is 0 Å². The van der Waals surface area contributed by atoms with Crippen LogP contribution in [0.2, 0.25) is 0 Å². The van der Waals surface area contributed by atoms with Crippen molar-refractivity contribution in [2.75, 3.05) is 5.32 Å². The first kappa shape index (κ1) is 14.4. The molecule has 1 saturated carbocycles. The Bertz CT molecular complexity index is 389. The van der Waals surface area contributed by atoms with E-state index in [-0.39, 0.29) is 5.41 Å². The third kappa shape index (κ3) is 3.99. The van der Waals surface area contributed by atoms with Crippen LogP contribution in [0, 0.1) is 11.8 Å². The second kappa shape index (κ2) is 5.56. The van der Waals surface area contributed by atoms with Gasteiger partial charge in [0.15, 0.2) is 0 Å². The van der Waals surface area contributed by atoms with Gasteiger partial charge in [-0.25, -0.2) is 0 Å². The zero-order valence-electron chi connectivity index (χ0n) is 13.2. The summed E-state index contributed by atoms with van der Waals surface area (Å²) in [6.45, 7) is 11.6. The summed E-state index contributed by atoms with van der Waals surface area (Å²) in [5.41, 5.74) is 2.93. The Morgan fingerprint density at radius 1 is 0.895 bits per heavy atom. The average molecular weight is 259 g/mol. The van der Waals surface area contributed by atoms with Crippen LogP contribution >= 0.6 is 0 Å². The van der Waals surface area contributed by atoms with Crippen molar-refractivity contribution in [3.8, 4) is 0 Å². The lowest BCUT2D eigenvalue weighted by molar-refractivity contribution is 0.281. The quantitative estimate of drug-likeness (QED) is 0.767. The van der Waals surface area contributed by atoms with Crippen molar-refractivity contribution >= 4 is 5.69 Å². The molecule has 19 heavy (non-hydrogen) atoms. The molecule has 0 aromatic heterocycles. The predicted molar refractivity (Wildman–Crippen MR) is 84.7 cm³/mol. The molecule has 2 atom stereocenters. The summed E-state index contributed by atoms with van der Waals surface area (Å²) >= 11 is 0. The lowest BCUT2D eigenvalue weighted by Gasteiger charge is -2.32. The number of benzene rings is 1. The van der Waals surface area contributed by atoms with Crippen molar-refractivity contribution < 1.29 is 0 Å². The molecule has 0 bridgehead atoms. The lowest BCUT2D eigenvalue weighted by Crippen LogP contribution is -2.30. The van der Waals surface area contributed by atoms with Crippen LogP contribution in [0.3, 0.4) is 0 Å². The molecule has 2 unspecified atom stereocenters. The summed E-state index contributed by atoms with van der Waals surface area (Å²) in [5, 5.41) is 3.72. The Hall–Kier alpha value is -0.980. The van der Waals surface area contributed by atoms with Crippen LogP contribution in [0.1, 0.15) is 59.4 Å². The number of hydrogen-bond acceptors (Lipinski definition) is 1. The van der Waals surface area contributed by atoms with E-state index in [0.717, 1.165) is 11.8 Å². The molecule has 0 saturated heterocycles. The Morgan fingerprint density at radius 2 is 1.42 bits per heavy atom. The summed E-state index contributed by atoms with van der Waals surface area (Å²) in [6, 6.07) is 9.66. The molecule has 1 fully saturated rings. The van der Waals surface area contributed by atoms with Gasteiger partial charge in [-0.05, 0) is 54.2 Å². The van der Waals surface area contributed by atoms with Crippen LogP contribution in [0.25, 0.3) is 0 Å². The highest BCUT2D eigenvalue weighted by Crippen LogP contribution is 2.31. The molecule has 1 aromatic carbocycles. The Balaban J connectivity index is 1.99. The minimum Gasteiger partial charge on any atom is -0.382 e. The number of nitrogens with one attached hydrogen (secondary N) is 1. The summed E-state index contributed by atoms with van der Waals surface area (Å²) in [4.78, 5) is 0. The SMILES string of the molecule is CC1CC(C)CC(Nc2ccc(C(C)(C)C)cc2)C1. The van der Waals surface area contributed by atoms with Gasteiger partial charge < -0.3 is 5.32 Å². The second-order valence-electron chi connectivity index (χ2n) is 7.59. The molecule has 1 N–H and O–H groups in total. The molecule has 106 valence electrons.